The summed E-state index contributed by atoms with van der Waals surface area (Å²) in [5.41, 5.74) is 1.53. The van der Waals surface area contributed by atoms with Gasteiger partial charge < -0.3 is 9.64 Å². The fraction of sp³-hybridized carbons (Fsp3) is 0.625. The Morgan fingerprint density at radius 3 is 2.67 bits per heavy atom. The molecule has 1 N–H and O–H groups in total. The molecule has 0 radical (unpaired) electrons. The van der Waals surface area contributed by atoms with E-state index in [1.807, 2.05) is 11.6 Å². The molecule has 1 aliphatic heterocycles. The molecule has 2 atom stereocenters. The second-order valence-electron chi connectivity index (χ2n) is 9.48. The summed E-state index contributed by atoms with van der Waals surface area (Å²) in [6.45, 7) is 8.49. The van der Waals surface area contributed by atoms with E-state index in [1.165, 1.54) is 6.07 Å². The van der Waals surface area contributed by atoms with Gasteiger partial charge in [0.15, 0.2) is 5.75 Å². The number of carbonyl (C=O) groups is 1. The Morgan fingerprint density at radius 2 is 2.00 bits per heavy atom. The standard InChI is InChI=1S/C24H33F3N6O4S2/c1-5-7-8-11-33-15(3)9-10-17-12-18(19(13-20(17)33)32-39(35,36)14-24(25,26)27)28-30-23-31-29-21(38-23)22(34)37-16(4)6-2/h12-13,15-16,32H,5-11,14H2,1-4H3. The van der Waals surface area contributed by atoms with Crippen molar-refractivity contribution in [1.82, 2.24) is 10.2 Å². The number of sulfonamides is 1. The van der Waals surface area contributed by atoms with Crippen LogP contribution in [0.1, 0.15) is 75.2 Å². The molecule has 1 aromatic heterocycles. The zero-order valence-electron chi connectivity index (χ0n) is 22.3. The number of carbonyl (C=O) groups excluding carboxylic acids is 1. The smallest absolute Gasteiger partial charge is 0.404 e. The van der Waals surface area contributed by atoms with Crippen molar-refractivity contribution >= 4 is 49.5 Å². The quantitative estimate of drug-likeness (QED) is 0.169. The minimum Gasteiger partial charge on any atom is -0.457 e. The van der Waals surface area contributed by atoms with Crippen LogP contribution in [0.4, 0.5) is 35.4 Å². The Labute approximate surface area is 230 Å². The van der Waals surface area contributed by atoms with Crippen LogP contribution >= 0.6 is 11.3 Å². The number of hydrogen-bond acceptors (Lipinski definition) is 10. The van der Waals surface area contributed by atoms with Gasteiger partial charge in [0, 0.05) is 18.3 Å². The molecular weight excluding hydrogens is 557 g/mol. The summed E-state index contributed by atoms with van der Waals surface area (Å²) in [4.78, 5) is 14.3. The van der Waals surface area contributed by atoms with Gasteiger partial charge in [0.1, 0.15) is 5.69 Å². The monoisotopic (exact) mass is 590 g/mol. The van der Waals surface area contributed by atoms with Crippen LogP contribution in [0.5, 0.6) is 0 Å². The molecule has 0 bridgehead atoms. The van der Waals surface area contributed by atoms with Crippen LogP contribution < -0.4 is 9.62 Å². The number of unbranched alkanes of at least 4 members (excludes halogenated alkanes) is 2. The van der Waals surface area contributed by atoms with Gasteiger partial charge in [-0.05, 0) is 57.2 Å². The second-order valence-corrected chi connectivity index (χ2v) is 12.2. The summed E-state index contributed by atoms with van der Waals surface area (Å²) in [6.07, 6.45) is -0.0959. The molecule has 10 nitrogen and oxygen atoms in total. The van der Waals surface area contributed by atoms with E-state index < -0.39 is 27.9 Å². The van der Waals surface area contributed by atoms with Crippen molar-refractivity contribution in [2.24, 2.45) is 10.2 Å². The van der Waals surface area contributed by atoms with E-state index in [0.29, 0.717) is 12.8 Å². The summed E-state index contributed by atoms with van der Waals surface area (Å²) in [5.74, 6) is -2.70. The Hall–Kier alpha value is -2.81. The van der Waals surface area contributed by atoms with Gasteiger partial charge in [-0.1, -0.05) is 38.0 Å². The minimum absolute atomic E-state index is 0.00253. The number of nitrogens with zero attached hydrogens (tertiary/aromatic N) is 5. The van der Waals surface area contributed by atoms with Crippen LogP contribution in [0.2, 0.25) is 0 Å². The van der Waals surface area contributed by atoms with Gasteiger partial charge >= 0.3 is 12.1 Å². The maximum Gasteiger partial charge on any atom is 0.404 e. The Balaban J connectivity index is 1.96. The zero-order valence-corrected chi connectivity index (χ0v) is 23.9. The number of aryl methyl sites for hydroxylation is 1. The highest BCUT2D eigenvalue weighted by molar-refractivity contribution is 7.92. The number of alkyl halides is 3. The molecule has 0 fully saturated rings. The molecule has 216 valence electrons. The summed E-state index contributed by atoms with van der Waals surface area (Å²) in [6, 6.07) is 3.33. The van der Waals surface area contributed by atoms with Crippen molar-refractivity contribution in [1.29, 1.82) is 0 Å². The lowest BCUT2D eigenvalue weighted by molar-refractivity contribution is -0.106. The Bertz CT molecular complexity index is 1280. The number of aromatic nitrogens is 2. The number of halogens is 3. The Kier molecular flexibility index (Phi) is 10.3. The van der Waals surface area contributed by atoms with Crippen LogP contribution in [0.25, 0.3) is 0 Å². The first-order chi connectivity index (χ1) is 18.3. The fourth-order valence-electron chi connectivity index (χ4n) is 4.05. The van der Waals surface area contributed by atoms with Gasteiger partial charge in [0.25, 0.3) is 5.13 Å². The molecule has 2 aromatic rings. The number of nitrogens with one attached hydrogen (secondary N) is 1. The molecule has 0 saturated carbocycles. The molecular formula is C24H33F3N6O4S2. The number of anilines is 2. The van der Waals surface area contributed by atoms with Crippen molar-refractivity contribution < 1.29 is 31.1 Å². The summed E-state index contributed by atoms with van der Waals surface area (Å²) in [7, 11) is -4.78. The van der Waals surface area contributed by atoms with Crippen molar-refractivity contribution in [3.8, 4) is 0 Å². The highest BCUT2D eigenvalue weighted by atomic mass is 32.2. The molecule has 0 spiro atoms. The molecule has 15 heteroatoms. The van der Waals surface area contributed by atoms with E-state index >= 15 is 0 Å². The minimum atomic E-state index is -4.92. The number of fused-ring (bicyclic) bond motifs is 1. The lowest BCUT2D eigenvalue weighted by Crippen LogP contribution is -2.38. The maximum absolute atomic E-state index is 12.9. The van der Waals surface area contributed by atoms with Crippen LogP contribution in [0, 0.1) is 0 Å². The molecule has 39 heavy (non-hydrogen) atoms. The highest BCUT2D eigenvalue weighted by Crippen LogP contribution is 2.40. The number of rotatable bonds is 12. The lowest BCUT2D eigenvalue weighted by atomic mass is 9.95. The normalized spacial score (nSPS) is 16.8. The van der Waals surface area contributed by atoms with Crippen molar-refractivity contribution in [3.63, 3.8) is 0 Å². The fourth-order valence-corrected chi connectivity index (χ4v) is 5.60. The molecule has 0 aliphatic carbocycles. The van der Waals surface area contributed by atoms with Crippen LogP contribution in [-0.2, 0) is 21.2 Å². The zero-order chi connectivity index (χ0) is 28.8. The highest BCUT2D eigenvalue weighted by Gasteiger charge is 2.36. The molecule has 2 unspecified atom stereocenters. The first-order valence-electron chi connectivity index (χ1n) is 12.8. The average molecular weight is 591 g/mol. The van der Waals surface area contributed by atoms with Gasteiger partial charge in [-0.2, -0.15) is 13.2 Å². The SMILES string of the molecule is CCCCCN1c2cc(NS(=O)(=O)CC(F)(F)F)c(N=Nc3nnc(C(=O)OC(C)CC)s3)cc2CCC1C. The van der Waals surface area contributed by atoms with Crippen molar-refractivity contribution in [2.45, 2.75) is 84.5 Å². The molecule has 3 rings (SSSR count). The van der Waals surface area contributed by atoms with Gasteiger partial charge in [-0.3, -0.25) is 4.72 Å². The van der Waals surface area contributed by atoms with E-state index in [4.69, 9.17) is 4.74 Å². The number of ether oxygens (including phenoxy) is 1. The van der Waals surface area contributed by atoms with Crippen LogP contribution in [0.3, 0.4) is 0 Å². The van der Waals surface area contributed by atoms with Crippen molar-refractivity contribution in [3.05, 3.63) is 22.7 Å². The third-order valence-corrected chi connectivity index (χ3v) is 8.23. The van der Waals surface area contributed by atoms with Crippen LogP contribution in [0.15, 0.2) is 22.4 Å². The lowest BCUT2D eigenvalue weighted by Gasteiger charge is -2.37. The van der Waals surface area contributed by atoms with Gasteiger partial charge in [-0.15, -0.1) is 20.4 Å². The number of esters is 1. The first-order valence-corrected chi connectivity index (χ1v) is 15.3. The summed E-state index contributed by atoms with van der Waals surface area (Å²) >= 11 is 0.827. The topological polar surface area (TPSA) is 126 Å². The van der Waals surface area contributed by atoms with Crippen molar-refractivity contribution in [2.75, 3.05) is 21.9 Å². The van der Waals surface area contributed by atoms with E-state index in [0.717, 1.165) is 54.8 Å². The van der Waals surface area contributed by atoms with Crippen LogP contribution in [-0.4, -0.2) is 55.2 Å². The van der Waals surface area contributed by atoms with E-state index in [2.05, 4.69) is 39.2 Å². The molecule has 0 saturated heterocycles. The number of hydrogen-bond donors (Lipinski definition) is 1. The molecule has 2 heterocycles. The molecule has 1 aromatic carbocycles. The van der Waals surface area contributed by atoms with Gasteiger partial charge in [0.05, 0.1) is 11.8 Å². The summed E-state index contributed by atoms with van der Waals surface area (Å²) in [5, 5.41) is 15.6. The third-order valence-electron chi connectivity index (χ3n) is 6.21. The average Bonchev–Trinajstić information content (AvgIpc) is 3.32. The predicted octanol–water partition coefficient (Wildman–Crippen LogP) is 6.54. The summed E-state index contributed by atoms with van der Waals surface area (Å²) < 4.78 is 70.8. The van der Waals surface area contributed by atoms with E-state index in [1.54, 1.807) is 13.0 Å². The van der Waals surface area contributed by atoms with E-state index in [-0.39, 0.29) is 33.7 Å². The van der Waals surface area contributed by atoms with Gasteiger partial charge in [0.2, 0.25) is 15.0 Å². The molecule has 0 amide bonds. The maximum atomic E-state index is 12.9. The van der Waals surface area contributed by atoms with E-state index in [9.17, 15) is 26.4 Å². The predicted molar refractivity (Wildman–Crippen MR) is 144 cm³/mol. The van der Waals surface area contributed by atoms with Gasteiger partial charge in [-0.25, -0.2) is 13.2 Å². The third kappa shape index (κ3) is 8.85. The largest absolute Gasteiger partial charge is 0.457 e. The molecule has 1 aliphatic rings. The first kappa shape index (κ1) is 30.7. The Morgan fingerprint density at radius 1 is 1.26 bits per heavy atom. The second kappa shape index (κ2) is 13.0. The number of benzene rings is 1. The number of azo groups is 1.